The molecule has 0 spiro atoms. The minimum absolute atomic E-state index is 0. The molecule has 0 aromatic heterocycles. The van der Waals surface area contributed by atoms with Crippen molar-refractivity contribution in [2.45, 2.75) is 0 Å². The summed E-state index contributed by atoms with van der Waals surface area (Å²) in [6.45, 7) is 0. The van der Waals surface area contributed by atoms with Crippen LogP contribution in [0.3, 0.4) is 0 Å². The summed E-state index contributed by atoms with van der Waals surface area (Å²) >= 11 is 0.900. The van der Waals surface area contributed by atoms with Crippen molar-refractivity contribution < 1.29 is 145 Å². The van der Waals surface area contributed by atoms with Crippen molar-refractivity contribution in [1.29, 1.82) is 0 Å². The van der Waals surface area contributed by atoms with Gasteiger partial charge in [0, 0.05) is 0 Å². The Kier molecular flexibility index (Phi) is 221. The van der Waals surface area contributed by atoms with Gasteiger partial charge in [-0.1, -0.05) is 0 Å². The number of quaternary nitrogens is 2. The number of hydrogen-bond donors (Lipinski definition) is 2. The molecule has 0 aromatic rings. The quantitative estimate of drug-likeness (QED) is 0.245. The molecule has 8 N–H and O–H groups in total. The van der Waals surface area contributed by atoms with Crippen molar-refractivity contribution in [3.8, 4) is 0 Å². The summed E-state index contributed by atoms with van der Waals surface area (Å²) in [7, 11) is -5.83. The van der Waals surface area contributed by atoms with Gasteiger partial charge in [-0.3, -0.25) is 14.6 Å². The molecule has 0 unspecified atom stereocenters. The number of rotatable bonds is 0. The molecule has 20 heteroatoms. The second kappa shape index (κ2) is 81.4. The number of carbonyl (C=O) groups is 1. The van der Waals surface area contributed by atoms with Crippen LogP contribution in [0.2, 0.25) is 0 Å². The first-order chi connectivity index (χ1) is 8.20. The van der Waals surface area contributed by atoms with E-state index in [1.165, 1.54) is 0 Å². The van der Waals surface area contributed by atoms with Gasteiger partial charge in [0.1, 0.15) is 0 Å². The second-order valence-electron chi connectivity index (χ2n) is 0.827. The van der Waals surface area contributed by atoms with Crippen molar-refractivity contribution in [2.24, 2.45) is 0 Å². The molecule has 0 saturated carbocycles. The van der Waals surface area contributed by atoms with Gasteiger partial charge >= 0.3 is 99.7 Å². The molecule has 0 aromatic carbocycles. The van der Waals surface area contributed by atoms with Crippen LogP contribution in [0, 0.1) is 0 Å². The Balaban J connectivity index is -0.0000000118. The van der Waals surface area contributed by atoms with Gasteiger partial charge in [-0.05, 0) is 6.16 Å². The first kappa shape index (κ1) is 57.0. The molecule has 0 bridgehead atoms. The van der Waals surface area contributed by atoms with Crippen molar-refractivity contribution >= 4 is 20.8 Å². The van der Waals surface area contributed by atoms with E-state index in [2.05, 4.69) is 0 Å². The van der Waals surface area contributed by atoms with Crippen LogP contribution in [0.15, 0.2) is 0 Å². The third kappa shape index (κ3) is 3070. The first-order valence-corrected chi connectivity index (χ1v) is 5.65. The predicted octanol–water partition coefficient (Wildman–Crippen LogP) is -9.96. The van der Waals surface area contributed by atoms with E-state index in [4.69, 9.17) is 53.6 Å². The molecule has 0 heterocycles. The van der Waals surface area contributed by atoms with E-state index in [0.717, 1.165) is 0 Å². The van der Waals surface area contributed by atoms with Gasteiger partial charge in [-0.25, -0.2) is 0 Å². The van der Waals surface area contributed by atoms with E-state index in [-0.39, 0.29) is 29.4 Å². The molecule has 1 radical (unpaired) electrons. The van der Waals surface area contributed by atoms with Crippen LogP contribution >= 0.6 is 0 Å². The van der Waals surface area contributed by atoms with Crippen LogP contribution in [0.4, 0.5) is 4.79 Å². The molecule has 0 rings (SSSR count). The number of carbonyl (C=O) groups excluding carboxylic acids is 1. The summed E-state index contributed by atoms with van der Waals surface area (Å²) in [6.07, 6.45) is -2.33. The zero-order chi connectivity index (χ0) is 16.7. The minimum atomic E-state index is -2.92. The maximum atomic E-state index is 8.42. The van der Waals surface area contributed by atoms with Crippen molar-refractivity contribution in [2.75, 3.05) is 0 Å². The van der Waals surface area contributed by atoms with Crippen LogP contribution in [0.25, 0.3) is 0 Å². The van der Waals surface area contributed by atoms with Gasteiger partial charge in [-0.2, -0.15) is 0 Å². The molecule has 0 amide bonds. The molecule has 0 aliphatic carbocycles. The molecule has 21 heavy (non-hydrogen) atoms. The van der Waals surface area contributed by atoms with Gasteiger partial charge in [0.05, 0.1) is 0 Å². The predicted molar refractivity (Wildman–Crippen MR) is 30.9 cm³/mol. The summed E-state index contributed by atoms with van der Waals surface area (Å²) in [6, 6.07) is 0. The van der Waals surface area contributed by atoms with E-state index in [1.807, 2.05) is 0 Å². The average molecular weight is 599 g/mol. The van der Waals surface area contributed by atoms with Crippen molar-refractivity contribution in [3.63, 3.8) is 0 Å². The van der Waals surface area contributed by atoms with Crippen molar-refractivity contribution in [1.82, 2.24) is 12.3 Å². The zero-order valence-corrected chi connectivity index (χ0v) is 18.7. The first-order valence-electron chi connectivity index (χ1n) is 2.64. The Labute approximate surface area is 176 Å². The molecular formula is CH8B2CuN2O12Zr3. The summed E-state index contributed by atoms with van der Waals surface area (Å²) < 4.78 is 25.0. The van der Waals surface area contributed by atoms with E-state index in [9.17, 15) is 0 Å². The van der Waals surface area contributed by atoms with Gasteiger partial charge < -0.3 is 57.5 Å². The third-order valence-corrected chi connectivity index (χ3v) is 0. The molecule has 0 aliphatic rings. The fourth-order valence-corrected chi connectivity index (χ4v) is 0. The van der Waals surface area contributed by atoms with Crippen LogP contribution < -0.4 is 52.7 Å². The summed E-state index contributed by atoms with van der Waals surface area (Å²) in [5.74, 6) is 0. The second-order valence-corrected chi connectivity index (χ2v) is 0.827. The van der Waals surface area contributed by atoms with Gasteiger partial charge in [0.15, 0.2) is 0 Å². The number of hydrogen-bond acceptors (Lipinski definition) is 12. The molecule has 0 aliphatic heterocycles. The van der Waals surface area contributed by atoms with E-state index in [1.54, 1.807) is 0 Å². The monoisotopic (exact) mass is 595 g/mol. The molecular weight excluding hydrogens is 591 g/mol. The molecule has 14 nitrogen and oxygen atoms in total. The van der Waals surface area contributed by atoms with Crippen LogP contribution in [-0.4, -0.2) is 20.8 Å². The Morgan fingerprint density at radius 2 is 0.714 bits per heavy atom. The van der Waals surface area contributed by atoms with Gasteiger partial charge in [-0.15, -0.1) is 0 Å². The Morgan fingerprint density at radius 3 is 0.714 bits per heavy atom. The summed E-state index contributed by atoms with van der Waals surface area (Å²) in [5, 5.41) is 67.2. The van der Waals surface area contributed by atoms with Gasteiger partial charge in [0.2, 0.25) is 0 Å². The van der Waals surface area contributed by atoms with Crippen LogP contribution in [0.5, 0.6) is 0 Å². The van der Waals surface area contributed by atoms with Crippen LogP contribution in [0.1, 0.15) is 0 Å². The molecule has 0 atom stereocenters. The number of carboxylic acid groups (broad SMARTS) is 2. The average Bonchev–Trinajstić information content (AvgIpc) is 2.23. The molecule has 0 saturated heterocycles. The third-order valence-electron chi connectivity index (χ3n) is 0. The molecule has 123 valence electrons. The van der Waals surface area contributed by atoms with E-state index >= 15 is 0 Å². The Hall–Kier alpha value is 1.65. The normalized spacial score (nSPS) is 4.43. The summed E-state index contributed by atoms with van der Waals surface area (Å²) in [5.41, 5.74) is 0. The fourth-order valence-electron chi connectivity index (χ4n) is 0. The standard InChI is InChI=1S/CH2O3.2BO3.Cu.2H3N.3O.3Zr/c3*2-1(3)4;;;;;;;;;/h(H2,2,3,4);;;;2*1H3;;;;;;/q;2*-3;+2;;;;;;;2*+2. The topological polar surface area (TPSA) is 326 Å². The fraction of sp³-hybridized carbons (Fsp3) is 0. The van der Waals surface area contributed by atoms with E-state index < -0.39 is 20.8 Å². The molecule has 0 fully saturated rings. The maximum absolute atomic E-state index is 8.42. The van der Waals surface area contributed by atoms with Crippen LogP contribution in [-0.2, 0) is 99.7 Å². The Morgan fingerprint density at radius 1 is 0.714 bits per heavy atom. The Bertz CT molecular complexity index is 129. The zero-order valence-electron chi connectivity index (χ0n) is 10.4. The van der Waals surface area contributed by atoms with Crippen molar-refractivity contribution in [3.05, 3.63) is 0 Å². The van der Waals surface area contributed by atoms with E-state index in [0.29, 0.717) is 74.2 Å². The van der Waals surface area contributed by atoms with Gasteiger partial charge in [0.25, 0.3) is 0 Å². The SMILES string of the molecule is O=C([O-])[O-].[Cu+2].[NH4+].[NH4+].[O-]B([O-])[O-].[O-]B([O-])[O-].[O]=[Zr+2].[O]=[Zr+2].[O]=[Zr]. The summed E-state index contributed by atoms with van der Waals surface area (Å²) in [4.78, 5) is 8.33.